The van der Waals surface area contributed by atoms with Crippen molar-refractivity contribution in [1.82, 2.24) is 4.90 Å². The summed E-state index contributed by atoms with van der Waals surface area (Å²) >= 11 is 0. The summed E-state index contributed by atoms with van der Waals surface area (Å²) in [4.78, 5) is 27.5. The number of piperidine rings is 1. The smallest absolute Gasteiger partial charge is 0.224 e. The van der Waals surface area contributed by atoms with Crippen LogP contribution in [0.5, 0.6) is 0 Å². The second-order valence-electron chi connectivity index (χ2n) is 5.52. The minimum atomic E-state index is -0.101. The van der Waals surface area contributed by atoms with E-state index >= 15 is 0 Å². The van der Waals surface area contributed by atoms with E-state index in [1.165, 1.54) is 13.3 Å². The summed E-state index contributed by atoms with van der Waals surface area (Å²) in [7, 11) is 0. The lowest BCUT2D eigenvalue weighted by Crippen LogP contribution is -2.38. The van der Waals surface area contributed by atoms with Gasteiger partial charge in [-0.25, -0.2) is 0 Å². The summed E-state index contributed by atoms with van der Waals surface area (Å²) in [5.41, 5.74) is 1.27. The van der Waals surface area contributed by atoms with Crippen LogP contribution in [-0.2, 0) is 9.59 Å². The van der Waals surface area contributed by atoms with Gasteiger partial charge >= 0.3 is 0 Å². The Morgan fingerprint density at radius 3 is 2.36 bits per heavy atom. The van der Waals surface area contributed by atoms with Crippen molar-refractivity contribution >= 4 is 17.5 Å². The van der Waals surface area contributed by atoms with Crippen LogP contribution >= 0.6 is 0 Å². The topological polar surface area (TPSA) is 64.4 Å². The molecule has 1 heterocycles. The minimum absolute atomic E-state index is 0.101. The third-order valence-electron chi connectivity index (χ3n) is 3.95. The number of rotatable bonds is 4. The van der Waals surface area contributed by atoms with E-state index in [4.69, 9.17) is 5.26 Å². The lowest BCUT2D eigenvalue weighted by Gasteiger charge is -2.28. The van der Waals surface area contributed by atoms with E-state index in [0.717, 1.165) is 31.6 Å². The monoisotopic (exact) mass is 299 g/mol. The molecule has 1 aliphatic heterocycles. The summed E-state index contributed by atoms with van der Waals surface area (Å²) in [5, 5.41) is 8.82. The zero-order valence-electron chi connectivity index (χ0n) is 12.9. The second kappa shape index (κ2) is 7.60. The highest BCUT2D eigenvalue weighted by Gasteiger charge is 2.19. The molecule has 0 N–H and O–H groups in total. The van der Waals surface area contributed by atoms with Crippen LogP contribution in [0, 0.1) is 11.3 Å². The predicted octanol–water partition coefficient (Wildman–Crippen LogP) is 2.31. The summed E-state index contributed by atoms with van der Waals surface area (Å²) in [6, 6.07) is 8.89. The zero-order valence-corrected chi connectivity index (χ0v) is 12.9. The summed E-state index contributed by atoms with van der Waals surface area (Å²) in [6.45, 7) is 3.52. The lowest BCUT2D eigenvalue weighted by atomic mass is 10.1. The van der Waals surface area contributed by atoms with E-state index in [1.54, 1.807) is 29.2 Å². The molecule has 0 radical (unpaired) electrons. The number of hydrogen-bond donors (Lipinski definition) is 0. The van der Waals surface area contributed by atoms with Crippen molar-refractivity contribution in [1.29, 1.82) is 5.26 Å². The number of anilines is 1. The van der Waals surface area contributed by atoms with Crippen molar-refractivity contribution in [3.63, 3.8) is 0 Å². The van der Waals surface area contributed by atoms with E-state index < -0.39 is 0 Å². The Bertz CT molecular complexity index is 569. The normalized spacial score (nSPS) is 14.3. The van der Waals surface area contributed by atoms with E-state index in [-0.39, 0.29) is 11.8 Å². The third kappa shape index (κ3) is 4.08. The third-order valence-corrected chi connectivity index (χ3v) is 3.95. The number of hydrogen-bond acceptors (Lipinski definition) is 3. The molecule has 0 atom stereocenters. The number of amides is 2. The largest absolute Gasteiger partial charge is 0.343 e. The van der Waals surface area contributed by atoms with Crippen molar-refractivity contribution in [2.75, 3.05) is 24.5 Å². The van der Waals surface area contributed by atoms with Gasteiger partial charge in [0.25, 0.3) is 0 Å². The molecule has 1 aliphatic rings. The highest BCUT2D eigenvalue weighted by Crippen LogP contribution is 2.17. The molecule has 22 heavy (non-hydrogen) atoms. The maximum absolute atomic E-state index is 12.2. The Labute approximate surface area is 131 Å². The molecule has 116 valence electrons. The predicted molar refractivity (Wildman–Crippen MR) is 84.2 cm³/mol. The molecular weight excluding hydrogens is 278 g/mol. The van der Waals surface area contributed by atoms with Gasteiger partial charge in [0.05, 0.1) is 11.6 Å². The molecule has 5 nitrogen and oxygen atoms in total. The Balaban J connectivity index is 1.98. The Hall–Kier alpha value is -2.35. The number of carbonyl (C=O) groups excluding carboxylic acids is 2. The first-order chi connectivity index (χ1) is 10.6. The lowest BCUT2D eigenvalue weighted by molar-refractivity contribution is -0.131. The molecule has 0 unspecified atom stereocenters. The molecule has 1 saturated heterocycles. The van der Waals surface area contributed by atoms with Crippen LogP contribution in [0.15, 0.2) is 24.3 Å². The number of likely N-dealkylation sites (tertiary alicyclic amines) is 1. The van der Waals surface area contributed by atoms with Crippen LogP contribution in [0.4, 0.5) is 5.69 Å². The van der Waals surface area contributed by atoms with Gasteiger partial charge in [0, 0.05) is 38.7 Å². The van der Waals surface area contributed by atoms with Gasteiger partial charge in [-0.3, -0.25) is 9.59 Å². The first kappa shape index (κ1) is 16.0. The van der Waals surface area contributed by atoms with Gasteiger partial charge in [0.1, 0.15) is 0 Å². The molecular formula is C17H21N3O2. The van der Waals surface area contributed by atoms with Crippen LogP contribution in [-0.4, -0.2) is 36.3 Å². The number of nitriles is 1. The van der Waals surface area contributed by atoms with Crippen molar-refractivity contribution in [3.8, 4) is 6.07 Å². The highest BCUT2D eigenvalue weighted by atomic mass is 16.2. The molecule has 0 bridgehead atoms. The molecule has 5 heteroatoms. The van der Waals surface area contributed by atoms with Gasteiger partial charge in [-0.2, -0.15) is 5.26 Å². The molecule has 1 fully saturated rings. The van der Waals surface area contributed by atoms with Crippen molar-refractivity contribution in [2.45, 2.75) is 32.6 Å². The van der Waals surface area contributed by atoms with E-state index in [2.05, 4.69) is 6.07 Å². The molecule has 0 saturated carbocycles. The molecule has 2 amide bonds. The Morgan fingerprint density at radius 2 is 1.82 bits per heavy atom. The minimum Gasteiger partial charge on any atom is -0.343 e. The molecule has 0 aliphatic carbocycles. The molecule has 0 aromatic heterocycles. The maximum Gasteiger partial charge on any atom is 0.224 e. The fourth-order valence-electron chi connectivity index (χ4n) is 2.69. The van der Waals surface area contributed by atoms with E-state index in [1.807, 2.05) is 4.90 Å². The summed E-state index contributed by atoms with van der Waals surface area (Å²) < 4.78 is 0. The second-order valence-corrected chi connectivity index (χ2v) is 5.52. The fraction of sp³-hybridized carbons (Fsp3) is 0.471. The average molecular weight is 299 g/mol. The maximum atomic E-state index is 12.2. The summed E-state index contributed by atoms with van der Waals surface area (Å²) in [5.74, 6) is 0.00995. The van der Waals surface area contributed by atoms with Gasteiger partial charge < -0.3 is 9.80 Å². The van der Waals surface area contributed by atoms with E-state index in [9.17, 15) is 9.59 Å². The van der Waals surface area contributed by atoms with E-state index in [0.29, 0.717) is 18.5 Å². The van der Waals surface area contributed by atoms with Gasteiger partial charge in [-0.1, -0.05) is 0 Å². The fourth-order valence-corrected chi connectivity index (χ4v) is 2.69. The zero-order chi connectivity index (χ0) is 15.9. The van der Waals surface area contributed by atoms with Crippen LogP contribution < -0.4 is 4.90 Å². The quantitative estimate of drug-likeness (QED) is 0.857. The molecule has 1 aromatic carbocycles. The molecule has 2 rings (SSSR count). The standard InChI is InChI=1S/C17H21N3O2/c1-14(21)20(16-7-5-15(13-18)6-8-16)12-9-17(22)19-10-3-2-4-11-19/h5-8H,2-4,9-12H2,1H3. The molecule has 0 spiro atoms. The van der Waals surface area contributed by atoms with Crippen LogP contribution in [0.1, 0.15) is 38.2 Å². The highest BCUT2D eigenvalue weighted by molar-refractivity contribution is 5.92. The first-order valence-corrected chi connectivity index (χ1v) is 7.68. The first-order valence-electron chi connectivity index (χ1n) is 7.68. The Morgan fingerprint density at radius 1 is 1.18 bits per heavy atom. The van der Waals surface area contributed by atoms with Crippen LogP contribution in [0.3, 0.4) is 0 Å². The van der Waals surface area contributed by atoms with Gasteiger partial charge in [0.15, 0.2) is 0 Å². The average Bonchev–Trinajstić information content (AvgIpc) is 2.56. The van der Waals surface area contributed by atoms with Crippen molar-refractivity contribution in [3.05, 3.63) is 29.8 Å². The number of benzene rings is 1. The van der Waals surface area contributed by atoms with Gasteiger partial charge in [0.2, 0.25) is 11.8 Å². The SMILES string of the molecule is CC(=O)N(CCC(=O)N1CCCCC1)c1ccc(C#N)cc1. The van der Waals surface area contributed by atoms with Crippen LogP contribution in [0.2, 0.25) is 0 Å². The molecule has 1 aromatic rings. The van der Waals surface area contributed by atoms with Gasteiger partial charge in [-0.05, 0) is 43.5 Å². The van der Waals surface area contributed by atoms with Gasteiger partial charge in [-0.15, -0.1) is 0 Å². The van der Waals surface area contributed by atoms with Crippen molar-refractivity contribution in [2.24, 2.45) is 0 Å². The summed E-state index contributed by atoms with van der Waals surface area (Å²) in [6.07, 6.45) is 3.66. The van der Waals surface area contributed by atoms with Crippen molar-refractivity contribution < 1.29 is 9.59 Å². The number of carbonyl (C=O) groups is 2. The number of nitrogens with zero attached hydrogens (tertiary/aromatic N) is 3. The Kier molecular flexibility index (Phi) is 5.54. The van der Waals surface area contributed by atoms with Crippen LogP contribution in [0.25, 0.3) is 0 Å².